The molecule has 0 saturated carbocycles. The maximum Gasteiger partial charge on any atom is 0.168 e. The largest absolute Gasteiger partial charge is 0.319 e. The molecule has 5 heteroatoms. The summed E-state index contributed by atoms with van der Waals surface area (Å²) < 4.78 is 1.84. The summed E-state index contributed by atoms with van der Waals surface area (Å²) >= 11 is 1.69. The smallest absolute Gasteiger partial charge is 0.168 e. The third-order valence-electron chi connectivity index (χ3n) is 2.15. The molecule has 2 aromatic rings. The molecule has 0 aliphatic heterocycles. The molecule has 0 unspecified atom stereocenters. The second-order valence-electron chi connectivity index (χ2n) is 3.31. The van der Waals surface area contributed by atoms with E-state index in [1.54, 1.807) is 11.3 Å². The van der Waals surface area contributed by atoms with Crippen molar-refractivity contribution < 1.29 is 0 Å². The maximum atomic E-state index is 4.51. The highest BCUT2D eigenvalue weighted by Gasteiger charge is 2.09. The predicted octanol–water partition coefficient (Wildman–Crippen LogP) is 1.31. The van der Waals surface area contributed by atoms with Crippen molar-refractivity contribution in [3.63, 3.8) is 0 Å². The third kappa shape index (κ3) is 2.24. The molecule has 0 saturated heterocycles. The third-order valence-corrected chi connectivity index (χ3v) is 3.01. The van der Waals surface area contributed by atoms with Gasteiger partial charge in [0, 0.05) is 20.0 Å². The van der Waals surface area contributed by atoms with E-state index in [1.165, 1.54) is 4.88 Å². The van der Waals surface area contributed by atoms with Gasteiger partial charge in [0.2, 0.25) is 0 Å². The van der Waals surface area contributed by atoms with Crippen molar-refractivity contribution in [2.24, 2.45) is 7.05 Å². The monoisotopic (exact) mass is 222 g/mol. The first-order valence-electron chi connectivity index (χ1n) is 4.89. The summed E-state index contributed by atoms with van der Waals surface area (Å²) in [5.74, 6) is 1.85. The van der Waals surface area contributed by atoms with Crippen LogP contribution in [0.4, 0.5) is 0 Å². The Morgan fingerprint density at radius 2 is 2.40 bits per heavy atom. The molecule has 4 nitrogen and oxygen atoms in total. The lowest BCUT2D eigenvalue weighted by atomic mass is 10.4. The van der Waals surface area contributed by atoms with Gasteiger partial charge < -0.3 is 5.32 Å². The summed E-state index contributed by atoms with van der Waals surface area (Å²) in [4.78, 5) is 5.68. The zero-order chi connectivity index (χ0) is 10.7. The molecule has 0 spiro atoms. The Balaban J connectivity index is 2.22. The van der Waals surface area contributed by atoms with E-state index >= 15 is 0 Å². The molecule has 15 heavy (non-hydrogen) atoms. The number of thiophene rings is 1. The van der Waals surface area contributed by atoms with E-state index in [-0.39, 0.29) is 0 Å². The molecule has 0 bridgehead atoms. The summed E-state index contributed by atoms with van der Waals surface area (Å²) in [5, 5.41) is 9.52. The summed E-state index contributed by atoms with van der Waals surface area (Å²) in [7, 11) is 3.87. The fourth-order valence-corrected chi connectivity index (χ4v) is 2.14. The molecule has 2 aromatic heterocycles. The number of nitrogens with zero attached hydrogens (tertiary/aromatic N) is 3. The number of aromatic nitrogens is 3. The van der Waals surface area contributed by atoms with Crippen LogP contribution < -0.4 is 5.32 Å². The van der Waals surface area contributed by atoms with Crippen molar-refractivity contribution in [3.8, 4) is 10.7 Å². The maximum absolute atomic E-state index is 4.51. The molecule has 0 atom stereocenters. The van der Waals surface area contributed by atoms with E-state index in [0.717, 1.165) is 24.6 Å². The van der Waals surface area contributed by atoms with E-state index in [1.807, 2.05) is 24.8 Å². The quantitative estimate of drug-likeness (QED) is 0.848. The van der Waals surface area contributed by atoms with Gasteiger partial charge in [-0.05, 0) is 18.5 Å². The van der Waals surface area contributed by atoms with Gasteiger partial charge in [0.25, 0.3) is 0 Å². The Kier molecular flexibility index (Phi) is 3.13. The van der Waals surface area contributed by atoms with Crippen molar-refractivity contribution in [1.82, 2.24) is 20.1 Å². The number of hydrogen-bond acceptors (Lipinski definition) is 4. The number of likely N-dealkylation sites (N-methyl/N-ethyl adjacent to an activating group) is 1. The lowest BCUT2D eigenvalue weighted by molar-refractivity contribution is 0.717. The molecule has 0 aliphatic carbocycles. The molecule has 1 N–H and O–H groups in total. The second-order valence-corrected chi connectivity index (χ2v) is 4.25. The topological polar surface area (TPSA) is 42.7 Å². The van der Waals surface area contributed by atoms with Crippen LogP contribution in [0, 0.1) is 0 Å². The van der Waals surface area contributed by atoms with Gasteiger partial charge in [-0.2, -0.15) is 5.10 Å². The van der Waals surface area contributed by atoms with Crippen LogP contribution in [0.2, 0.25) is 0 Å². The van der Waals surface area contributed by atoms with Gasteiger partial charge in [-0.15, -0.1) is 11.3 Å². The Labute approximate surface area is 93.0 Å². The lowest BCUT2D eigenvalue weighted by Gasteiger charge is -1.93. The molecule has 0 aromatic carbocycles. The molecule has 0 aliphatic rings. The average molecular weight is 222 g/mol. The minimum atomic E-state index is 0.871. The molecule has 2 rings (SSSR count). The molecule has 80 valence electrons. The van der Waals surface area contributed by atoms with Gasteiger partial charge in [0.15, 0.2) is 11.6 Å². The van der Waals surface area contributed by atoms with Crippen molar-refractivity contribution in [1.29, 1.82) is 0 Å². The Morgan fingerprint density at radius 3 is 3.07 bits per heavy atom. The molecular formula is C10H14N4S. The summed E-state index contributed by atoms with van der Waals surface area (Å²) in [6, 6.07) is 4.10. The van der Waals surface area contributed by atoms with Crippen LogP contribution >= 0.6 is 11.3 Å². The van der Waals surface area contributed by atoms with Crippen LogP contribution in [0.1, 0.15) is 5.82 Å². The highest BCUT2D eigenvalue weighted by molar-refractivity contribution is 7.13. The van der Waals surface area contributed by atoms with Gasteiger partial charge in [0.1, 0.15) is 0 Å². The lowest BCUT2D eigenvalue weighted by Crippen LogP contribution is -2.11. The van der Waals surface area contributed by atoms with Gasteiger partial charge in [0.05, 0.1) is 4.88 Å². The van der Waals surface area contributed by atoms with Gasteiger partial charge >= 0.3 is 0 Å². The van der Waals surface area contributed by atoms with E-state index < -0.39 is 0 Å². The van der Waals surface area contributed by atoms with Crippen LogP contribution in [0.3, 0.4) is 0 Å². The van der Waals surface area contributed by atoms with Crippen LogP contribution in [0.25, 0.3) is 10.7 Å². The van der Waals surface area contributed by atoms with E-state index in [2.05, 4.69) is 26.8 Å². The highest BCUT2D eigenvalue weighted by Crippen LogP contribution is 2.21. The van der Waals surface area contributed by atoms with Crippen LogP contribution in [0.15, 0.2) is 17.5 Å². The fourth-order valence-electron chi connectivity index (χ4n) is 1.40. The Bertz CT molecular complexity index is 419. The van der Waals surface area contributed by atoms with E-state index in [0.29, 0.717) is 0 Å². The predicted molar refractivity (Wildman–Crippen MR) is 61.9 cm³/mol. The van der Waals surface area contributed by atoms with Crippen molar-refractivity contribution in [2.75, 3.05) is 13.6 Å². The summed E-state index contributed by atoms with van der Waals surface area (Å²) in [6.45, 7) is 0.911. The van der Waals surface area contributed by atoms with Gasteiger partial charge in [-0.25, -0.2) is 9.67 Å². The van der Waals surface area contributed by atoms with Crippen LogP contribution in [0.5, 0.6) is 0 Å². The van der Waals surface area contributed by atoms with Crippen LogP contribution in [-0.4, -0.2) is 28.4 Å². The van der Waals surface area contributed by atoms with Crippen molar-refractivity contribution in [3.05, 3.63) is 23.3 Å². The van der Waals surface area contributed by atoms with E-state index in [4.69, 9.17) is 0 Å². The fraction of sp³-hybridized carbons (Fsp3) is 0.400. The standard InChI is InChI=1S/C10H14N4S/c1-11-6-5-9-12-10(14(2)13-9)8-4-3-7-15-8/h3-4,7,11H,5-6H2,1-2H3. The minimum absolute atomic E-state index is 0.871. The molecule has 0 amide bonds. The minimum Gasteiger partial charge on any atom is -0.319 e. The van der Waals surface area contributed by atoms with Crippen molar-refractivity contribution in [2.45, 2.75) is 6.42 Å². The van der Waals surface area contributed by atoms with Gasteiger partial charge in [-0.3, -0.25) is 0 Å². The van der Waals surface area contributed by atoms with E-state index in [9.17, 15) is 0 Å². The van der Waals surface area contributed by atoms with Crippen LogP contribution in [-0.2, 0) is 13.5 Å². The molecule has 0 radical (unpaired) electrons. The second kappa shape index (κ2) is 4.55. The van der Waals surface area contributed by atoms with Gasteiger partial charge in [-0.1, -0.05) is 6.07 Å². The Morgan fingerprint density at radius 1 is 1.53 bits per heavy atom. The number of aryl methyl sites for hydroxylation is 1. The average Bonchev–Trinajstić information content (AvgIpc) is 2.83. The number of rotatable bonds is 4. The normalized spacial score (nSPS) is 10.8. The Hall–Kier alpha value is -1.20. The number of hydrogen-bond donors (Lipinski definition) is 1. The van der Waals surface area contributed by atoms with Crippen molar-refractivity contribution >= 4 is 11.3 Å². The number of nitrogens with one attached hydrogen (secondary N) is 1. The first-order chi connectivity index (χ1) is 7.31. The zero-order valence-electron chi connectivity index (χ0n) is 8.90. The summed E-state index contributed by atoms with van der Waals surface area (Å²) in [5.41, 5.74) is 0. The highest BCUT2D eigenvalue weighted by atomic mass is 32.1. The molecular weight excluding hydrogens is 208 g/mol. The first kappa shape index (κ1) is 10.3. The molecule has 2 heterocycles. The zero-order valence-corrected chi connectivity index (χ0v) is 9.71. The summed E-state index contributed by atoms with van der Waals surface area (Å²) in [6.07, 6.45) is 0.871. The first-order valence-corrected chi connectivity index (χ1v) is 5.77. The molecule has 0 fully saturated rings. The SMILES string of the molecule is CNCCc1nc(-c2cccs2)n(C)n1.